The average molecular weight is 170 g/mol. The number of ether oxygens (including phenoxy) is 1. The molecular weight excluding hydrogens is 156 g/mol. The first-order valence-corrected chi connectivity index (χ1v) is 4.61. The second-order valence-electron chi connectivity index (χ2n) is 3.82. The van der Waals surface area contributed by atoms with Crippen LogP contribution in [0.1, 0.15) is 32.1 Å². The van der Waals surface area contributed by atoms with Crippen molar-refractivity contribution in [3.63, 3.8) is 0 Å². The van der Waals surface area contributed by atoms with Gasteiger partial charge in [0.2, 0.25) is 0 Å². The smallest absolute Gasteiger partial charge is 0.312 e. The summed E-state index contributed by atoms with van der Waals surface area (Å²) in [4.78, 5) is 11.1. The highest BCUT2D eigenvalue weighted by molar-refractivity contribution is 5.76. The Morgan fingerprint density at radius 3 is 2.92 bits per heavy atom. The molecule has 3 nitrogen and oxygen atoms in total. The van der Waals surface area contributed by atoms with Gasteiger partial charge in [0.05, 0.1) is 11.5 Å². The zero-order valence-electron chi connectivity index (χ0n) is 7.08. The molecule has 0 aromatic heterocycles. The Kier molecular flexibility index (Phi) is 1.83. The lowest BCUT2D eigenvalue weighted by Crippen LogP contribution is -2.41. The lowest BCUT2D eigenvalue weighted by Gasteiger charge is -2.33. The van der Waals surface area contributed by atoms with Crippen molar-refractivity contribution in [3.05, 3.63) is 0 Å². The molecule has 1 heterocycles. The van der Waals surface area contributed by atoms with Gasteiger partial charge in [-0.2, -0.15) is 0 Å². The van der Waals surface area contributed by atoms with Crippen LogP contribution in [-0.2, 0) is 9.53 Å². The van der Waals surface area contributed by atoms with E-state index in [9.17, 15) is 4.79 Å². The number of carboxylic acid groups (broad SMARTS) is 1. The largest absolute Gasteiger partial charge is 0.481 e. The zero-order valence-corrected chi connectivity index (χ0v) is 7.08. The second kappa shape index (κ2) is 2.73. The van der Waals surface area contributed by atoms with Crippen molar-refractivity contribution in [1.29, 1.82) is 0 Å². The third kappa shape index (κ3) is 0.959. The molecule has 2 unspecified atom stereocenters. The third-order valence-electron chi connectivity index (χ3n) is 3.25. The second-order valence-corrected chi connectivity index (χ2v) is 3.82. The van der Waals surface area contributed by atoms with Gasteiger partial charge in [-0.3, -0.25) is 4.79 Å². The van der Waals surface area contributed by atoms with Crippen LogP contribution in [0.25, 0.3) is 0 Å². The van der Waals surface area contributed by atoms with E-state index in [1.807, 2.05) is 0 Å². The number of hydrogen-bond acceptors (Lipinski definition) is 2. The minimum absolute atomic E-state index is 0.00347. The van der Waals surface area contributed by atoms with Gasteiger partial charge in [0.25, 0.3) is 0 Å². The molecule has 1 saturated heterocycles. The molecule has 0 aromatic carbocycles. The van der Waals surface area contributed by atoms with Gasteiger partial charge in [0, 0.05) is 6.61 Å². The summed E-state index contributed by atoms with van der Waals surface area (Å²) in [6, 6.07) is 0. The summed E-state index contributed by atoms with van der Waals surface area (Å²) < 4.78 is 5.44. The highest BCUT2D eigenvalue weighted by Gasteiger charge is 2.51. The summed E-state index contributed by atoms with van der Waals surface area (Å²) in [6.07, 6.45) is 4.64. The maximum absolute atomic E-state index is 11.1. The minimum Gasteiger partial charge on any atom is -0.481 e. The molecule has 0 amide bonds. The lowest BCUT2D eigenvalue weighted by atomic mass is 9.71. The van der Waals surface area contributed by atoms with Gasteiger partial charge in [0.1, 0.15) is 0 Å². The van der Waals surface area contributed by atoms with E-state index in [-0.39, 0.29) is 6.10 Å². The first-order chi connectivity index (χ1) is 5.76. The Hall–Kier alpha value is -0.570. The maximum atomic E-state index is 11.1. The molecule has 3 heteroatoms. The highest BCUT2D eigenvalue weighted by Crippen LogP contribution is 2.45. The Morgan fingerprint density at radius 2 is 2.25 bits per heavy atom. The summed E-state index contributed by atoms with van der Waals surface area (Å²) >= 11 is 0. The topological polar surface area (TPSA) is 46.5 Å². The molecule has 2 atom stereocenters. The van der Waals surface area contributed by atoms with Gasteiger partial charge >= 0.3 is 5.97 Å². The van der Waals surface area contributed by atoms with Crippen LogP contribution < -0.4 is 0 Å². The maximum Gasteiger partial charge on any atom is 0.312 e. The van der Waals surface area contributed by atoms with Gasteiger partial charge < -0.3 is 9.84 Å². The van der Waals surface area contributed by atoms with Crippen molar-refractivity contribution in [1.82, 2.24) is 0 Å². The molecule has 2 fully saturated rings. The van der Waals surface area contributed by atoms with Crippen LogP contribution in [0, 0.1) is 5.41 Å². The van der Waals surface area contributed by atoms with Gasteiger partial charge in [-0.1, -0.05) is 12.8 Å². The van der Waals surface area contributed by atoms with Gasteiger partial charge in [0.15, 0.2) is 0 Å². The molecular formula is C9H14O3. The lowest BCUT2D eigenvalue weighted by molar-refractivity contribution is -0.155. The van der Waals surface area contributed by atoms with Gasteiger partial charge in [-0.25, -0.2) is 0 Å². The molecule has 0 bridgehead atoms. The van der Waals surface area contributed by atoms with Crippen LogP contribution >= 0.6 is 0 Å². The zero-order chi connectivity index (χ0) is 8.60. The third-order valence-corrected chi connectivity index (χ3v) is 3.25. The van der Waals surface area contributed by atoms with Crippen molar-refractivity contribution < 1.29 is 14.6 Å². The summed E-state index contributed by atoms with van der Waals surface area (Å²) in [6.45, 7) is 0.636. The van der Waals surface area contributed by atoms with Gasteiger partial charge in [-0.15, -0.1) is 0 Å². The molecule has 0 spiro atoms. The molecule has 68 valence electrons. The van der Waals surface area contributed by atoms with Crippen LogP contribution in [0.3, 0.4) is 0 Å². The molecule has 0 radical (unpaired) electrons. The van der Waals surface area contributed by atoms with E-state index < -0.39 is 11.4 Å². The monoisotopic (exact) mass is 170 g/mol. The minimum atomic E-state index is -0.648. The van der Waals surface area contributed by atoms with E-state index in [2.05, 4.69) is 0 Å². The Bertz CT molecular complexity index is 202. The van der Waals surface area contributed by atoms with Crippen molar-refractivity contribution in [2.24, 2.45) is 5.41 Å². The van der Waals surface area contributed by atoms with E-state index >= 15 is 0 Å². The van der Waals surface area contributed by atoms with Gasteiger partial charge in [-0.05, 0) is 19.3 Å². The first-order valence-electron chi connectivity index (χ1n) is 4.61. The standard InChI is InChI=1S/C9H14O3/c10-8(11)9-4-2-1-3-7(9)12-6-5-9/h7H,1-6H2,(H,10,11). The Morgan fingerprint density at radius 1 is 1.42 bits per heavy atom. The molecule has 1 aliphatic carbocycles. The molecule has 0 aromatic rings. The fourth-order valence-corrected chi connectivity index (χ4v) is 2.47. The van der Waals surface area contributed by atoms with E-state index in [1.54, 1.807) is 0 Å². The summed E-state index contributed by atoms with van der Waals surface area (Å²) in [5.74, 6) is -0.648. The van der Waals surface area contributed by atoms with Crippen LogP contribution in [0.5, 0.6) is 0 Å². The van der Waals surface area contributed by atoms with Crippen LogP contribution in [-0.4, -0.2) is 23.8 Å². The fraction of sp³-hybridized carbons (Fsp3) is 0.889. The average Bonchev–Trinajstić information content (AvgIpc) is 2.48. The summed E-state index contributed by atoms with van der Waals surface area (Å²) in [5, 5.41) is 9.12. The van der Waals surface area contributed by atoms with Crippen molar-refractivity contribution in [2.75, 3.05) is 6.61 Å². The number of hydrogen-bond donors (Lipinski definition) is 1. The molecule has 1 N–H and O–H groups in total. The predicted octanol–water partition coefficient (Wildman–Crippen LogP) is 1.42. The van der Waals surface area contributed by atoms with Crippen molar-refractivity contribution >= 4 is 5.97 Å². The highest BCUT2D eigenvalue weighted by atomic mass is 16.5. The van der Waals surface area contributed by atoms with E-state index in [0.717, 1.165) is 25.7 Å². The van der Waals surface area contributed by atoms with E-state index in [1.165, 1.54) is 0 Å². The summed E-state index contributed by atoms with van der Waals surface area (Å²) in [7, 11) is 0. The molecule has 2 rings (SSSR count). The first kappa shape index (κ1) is 8.05. The van der Waals surface area contributed by atoms with Crippen LogP contribution in [0.2, 0.25) is 0 Å². The summed E-state index contributed by atoms with van der Waals surface area (Å²) in [5.41, 5.74) is -0.516. The number of rotatable bonds is 1. The van der Waals surface area contributed by atoms with Crippen molar-refractivity contribution in [3.8, 4) is 0 Å². The molecule has 2 aliphatic rings. The Balaban J connectivity index is 2.23. The number of fused-ring (bicyclic) bond motifs is 1. The Labute approximate surface area is 71.7 Å². The van der Waals surface area contributed by atoms with Crippen molar-refractivity contribution in [2.45, 2.75) is 38.2 Å². The quantitative estimate of drug-likeness (QED) is 0.647. The number of carbonyl (C=O) groups is 1. The fourth-order valence-electron chi connectivity index (χ4n) is 2.47. The number of carboxylic acids is 1. The van der Waals surface area contributed by atoms with E-state index in [4.69, 9.17) is 9.84 Å². The SMILES string of the molecule is O=C(O)C12CCCCC1OCC2. The predicted molar refractivity (Wildman–Crippen MR) is 42.9 cm³/mol. The van der Waals surface area contributed by atoms with E-state index in [0.29, 0.717) is 13.0 Å². The normalized spacial score (nSPS) is 40.8. The number of aliphatic carboxylic acids is 1. The molecule has 12 heavy (non-hydrogen) atoms. The van der Waals surface area contributed by atoms with Crippen LogP contribution in [0.15, 0.2) is 0 Å². The molecule has 1 aliphatic heterocycles. The van der Waals surface area contributed by atoms with Crippen LogP contribution in [0.4, 0.5) is 0 Å². The molecule has 1 saturated carbocycles.